The highest BCUT2D eigenvalue weighted by atomic mass is 35.5. The lowest BCUT2D eigenvalue weighted by atomic mass is 10.1. The first-order valence-electron chi connectivity index (χ1n) is 8.94. The quantitative estimate of drug-likeness (QED) is 0.682. The summed E-state index contributed by atoms with van der Waals surface area (Å²) < 4.78 is 1.93. The predicted octanol–water partition coefficient (Wildman–Crippen LogP) is 3.43. The lowest BCUT2D eigenvalue weighted by Crippen LogP contribution is -2.50. The van der Waals surface area contributed by atoms with Crippen molar-refractivity contribution in [3.8, 4) is 0 Å². The molecule has 1 saturated heterocycles. The molecule has 2 amide bonds. The number of aromatic nitrogens is 1. The maximum Gasteiger partial charge on any atom is 0.270 e. The Morgan fingerprint density at radius 1 is 0.852 bits per heavy atom. The second kappa shape index (κ2) is 7.08. The van der Waals surface area contributed by atoms with Gasteiger partial charge in [0.1, 0.15) is 5.69 Å². The number of hydrogen-bond acceptors (Lipinski definition) is 2. The summed E-state index contributed by atoms with van der Waals surface area (Å²) in [5, 5.41) is 1.51. The molecule has 0 unspecified atom stereocenters. The second-order valence-corrected chi connectivity index (χ2v) is 7.12. The predicted molar refractivity (Wildman–Crippen MR) is 106 cm³/mol. The molecule has 0 radical (unpaired) electrons. The first-order valence-corrected chi connectivity index (χ1v) is 9.31. The number of hydrogen-bond donors (Lipinski definition) is 0. The number of nitrogens with zero attached hydrogens (tertiary/aromatic N) is 3. The molecule has 2 aromatic carbocycles. The van der Waals surface area contributed by atoms with Crippen LogP contribution >= 0.6 is 11.6 Å². The summed E-state index contributed by atoms with van der Waals surface area (Å²) in [4.78, 5) is 29.2. The van der Waals surface area contributed by atoms with Crippen LogP contribution < -0.4 is 0 Å². The van der Waals surface area contributed by atoms with Crippen molar-refractivity contribution in [1.82, 2.24) is 14.4 Å². The summed E-state index contributed by atoms with van der Waals surface area (Å²) >= 11 is 6.14. The molecule has 0 bridgehead atoms. The largest absolute Gasteiger partial charge is 0.340 e. The summed E-state index contributed by atoms with van der Waals surface area (Å²) in [7, 11) is 1.91. The van der Waals surface area contributed by atoms with Crippen LogP contribution in [0.25, 0.3) is 10.9 Å². The number of carbonyl (C=O) groups is 2. The van der Waals surface area contributed by atoms with E-state index in [2.05, 4.69) is 0 Å². The third-order valence-corrected chi connectivity index (χ3v) is 5.46. The monoisotopic (exact) mass is 381 g/mol. The van der Waals surface area contributed by atoms with Crippen LogP contribution in [0.2, 0.25) is 5.02 Å². The summed E-state index contributed by atoms with van der Waals surface area (Å²) in [6, 6.07) is 16.9. The van der Waals surface area contributed by atoms with E-state index in [9.17, 15) is 9.59 Å². The number of fused-ring (bicyclic) bond motifs is 1. The molecule has 0 atom stereocenters. The maximum absolute atomic E-state index is 13.0. The van der Waals surface area contributed by atoms with Crippen molar-refractivity contribution < 1.29 is 9.59 Å². The molecule has 1 aliphatic heterocycles. The maximum atomic E-state index is 13.0. The normalized spacial score (nSPS) is 14.6. The number of benzene rings is 2. The summed E-state index contributed by atoms with van der Waals surface area (Å²) in [6.45, 7) is 2.02. The first kappa shape index (κ1) is 17.6. The molecule has 0 N–H and O–H groups in total. The fraction of sp³-hybridized carbons (Fsp3) is 0.238. The number of para-hydroxylation sites is 1. The number of piperazine rings is 1. The van der Waals surface area contributed by atoms with Crippen molar-refractivity contribution in [3.05, 3.63) is 70.9 Å². The van der Waals surface area contributed by atoms with E-state index in [0.717, 1.165) is 10.9 Å². The minimum atomic E-state index is -0.0858. The molecule has 1 fully saturated rings. The Morgan fingerprint density at radius 2 is 1.44 bits per heavy atom. The Balaban J connectivity index is 1.47. The third-order valence-electron chi connectivity index (χ3n) is 5.13. The lowest BCUT2D eigenvalue weighted by molar-refractivity contribution is 0.0530. The van der Waals surface area contributed by atoms with Crippen LogP contribution in [0.1, 0.15) is 20.8 Å². The van der Waals surface area contributed by atoms with Gasteiger partial charge in [-0.15, -0.1) is 0 Å². The topological polar surface area (TPSA) is 45.6 Å². The van der Waals surface area contributed by atoms with E-state index in [1.54, 1.807) is 29.2 Å². The number of rotatable bonds is 2. The molecule has 5 nitrogen and oxygen atoms in total. The van der Waals surface area contributed by atoms with Gasteiger partial charge >= 0.3 is 0 Å². The minimum Gasteiger partial charge on any atom is -0.340 e. The van der Waals surface area contributed by atoms with E-state index >= 15 is 0 Å². The smallest absolute Gasteiger partial charge is 0.270 e. The molecule has 27 heavy (non-hydrogen) atoms. The van der Waals surface area contributed by atoms with Crippen molar-refractivity contribution in [1.29, 1.82) is 0 Å². The highest BCUT2D eigenvalue weighted by Crippen LogP contribution is 2.21. The van der Waals surface area contributed by atoms with Crippen molar-refractivity contribution >= 4 is 34.3 Å². The number of halogens is 1. The Labute approximate surface area is 162 Å². The Morgan fingerprint density at radius 3 is 2.11 bits per heavy atom. The van der Waals surface area contributed by atoms with Crippen LogP contribution in [0.5, 0.6) is 0 Å². The van der Waals surface area contributed by atoms with Gasteiger partial charge in [-0.05, 0) is 24.3 Å². The number of carbonyl (C=O) groups excluding carboxylic acids is 2. The summed E-state index contributed by atoms with van der Waals surface area (Å²) in [5.41, 5.74) is 2.21. The van der Waals surface area contributed by atoms with E-state index in [1.807, 2.05) is 46.8 Å². The van der Waals surface area contributed by atoms with E-state index < -0.39 is 0 Å². The van der Waals surface area contributed by atoms with Gasteiger partial charge in [0.15, 0.2) is 0 Å². The van der Waals surface area contributed by atoms with Crippen LogP contribution in [-0.2, 0) is 7.05 Å². The average Bonchev–Trinajstić information content (AvgIpc) is 3.04. The Hall–Kier alpha value is -2.79. The summed E-state index contributed by atoms with van der Waals surface area (Å²) in [6.07, 6.45) is 0. The second-order valence-electron chi connectivity index (χ2n) is 6.71. The van der Waals surface area contributed by atoms with Gasteiger partial charge in [0, 0.05) is 44.1 Å². The zero-order chi connectivity index (χ0) is 19.0. The zero-order valence-electron chi connectivity index (χ0n) is 15.1. The van der Waals surface area contributed by atoms with Gasteiger partial charge in [0.05, 0.1) is 10.6 Å². The molecular weight excluding hydrogens is 362 g/mol. The fourth-order valence-electron chi connectivity index (χ4n) is 3.57. The Bertz CT molecular complexity index is 1020. The van der Waals surface area contributed by atoms with Crippen molar-refractivity contribution in [2.45, 2.75) is 0 Å². The van der Waals surface area contributed by atoms with E-state index in [-0.39, 0.29) is 11.8 Å². The van der Waals surface area contributed by atoms with Gasteiger partial charge in [0.25, 0.3) is 11.8 Å². The third kappa shape index (κ3) is 3.19. The van der Waals surface area contributed by atoms with Crippen LogP contribution in [0, 0.1) is 0 Å². The van der Waals surface area contributed by atoms with E-state index in [1.165, 1.54) is 0 Å². The highest BCUT2D eigenvalue weighted by Gasteiger charge is 2.27. The van der Waals surface area contributed by atoms with Gasteiger partial charge in [-0.3, -0.25) is 9.59 Å². The van der Waals surface area contributed by atoms with Crippen molar-refractivity contribution in [2.24, 2.45) is 7.05 Å². The molecule has 0 aliphatic carbocycles. The molecule has 0 spiro atoms. The number of amides is 2. The SMILES string of the molecule is Cn1c(C(=O)N2CCN(C(=O)c3ccccc3Cl)CC2)cc2ccccc21. The molecule has 0 saturated carbocycles. The minimum absolute atomic E-state index is 0.00135. The molecule has 138 valence electrons. The van der Waals surface area contributed by atoms with Gasteiger partial charge in [-0.2, -0.15) is 0 Å². The van der Waals surface area contributed by atoms with E-state index in [0.29, 0.717) is 42.5 Å². The van der Waals surface area contributed by atoms with Gasteiger partial charge in [-0.25, -0.2) is 0 Å². The van der Waals surface area contributed by atoms with E-state index in [4.69, 9.17) is 11.6 Å². The first-order chi connectivity index (χ1) is 13.1. The van der Waals surface area contributed by atoms with Crippen molar-refractivity contribution in [2.75, 3.05) is 26.2 Å². The zero-order valence-corrected chi connectivity index (χ0v) is 15.8. The fourth-order valence-corrected chi connectivity index (χ4v) is 3.79. The van der Waals surface area contributed by atoms with Crippen molar-refractivity contribution in [3.63, 3.8) is 0 Å². The van der Waals surface area contributed by atoms with Crippen LogP contribution in [0.3, 0.4) is 0 Å². The number of aryl methyl sites for hydroxylation is 1. The molecule has 1 aromatic heterocycles. The van der Waals surface area contributed by atoms with Crippen LogP contribution in [0.15, 0.2) is 54.6 Å². The highest BCUT2D eigenvalue weighted by molar-refractivity contribution is 6.33. The summed E-state index contributed by atoms with van der Waals surface area (Å²) in [5.74, 6) is -0.0872. The van der Waals surface area contributed by atoms with Crippen LogP contribution in [0.4, 0.5) is 0 Å². The molecule has 1 aliphatic rings. The van der Waals surface area contributed by atoms with Gasteiger partial charge in [0.2, 0.25) is 0 Å². The van der Waals surface area contributed by atoms with Crippen LogP contribution in [-0.4, -0.2) is 52.4 Å². The average molecular weight is 382 g/mol. The molecular formula is C21H20ClN3O2. The molecule has 6 heteroatoms. The lowest BCUT2D eigenvalue weighted by Gasteiger charge is -2.35. The standard InChI is InChI=1S/C21H20ClN3O2/c1-23-18-9-5-2-6-15(18)14-19(23)21(27)25-12-10-24(11-13-25)20(26)16-7-3-4-8-17(16)22/h2-9,14H,10-13H2,1H3. The molecule has 4 rings (SSSR count). The Kier molecular flexibility index (Phi) is 4.62. The van der Waals surface area contributed by atoms with Gasteiger partial charge in [-0.1, -0.05) is 41.9 Å². The van der Waals surface area contributed by atoms with Gasteiger partial charge < -0.3 is 14.4 Å². The molecule has 3 aromatic rings. The molecule has 2 heterocycles.